The molecule has 0 saturated heterocycles. The SMILES string of the molecule is O=C(NCCCCCCNC(=O)Nc1nc2ccccc2s1)Nc1nc2ccccc2s1. The van der Waals surface area contributed by atoms with Crippen LogP contribution in [-0.4, -0.2) is 35.1 Å². The summed E-state index contributed by atoms with van der Waals surface area (Å²) in [6.45, 7) is 1.20. The van der Waals surface area contributed by atoms with Crippen molar-refractivity contribution >= 4 is 65.4 Å². The number of amides is 4. The lowest BCUT2D eigenvalue weighted by Crippen LogP contribution is -2.30. The largest absolute Gasteiger partial charge is 0.338 e. The predicted octanol–water partition coefficient (Wildman–Crippen LogP) is 5.41. The second-order valence-corrected chi connectivity index (χ2v) is 9.21. The Kier molecular flexibility index (Phi) is 7.47. The summed E-state index contributed by atoms with van der Waals surface area (Å²) in [7, 11) is 0. The lowest BCUT2D eigenvalue weighted by atomic mass is 10.2. The fraction of sp³-hybridized carbons (Fsp3) is 0.273. The van der Waals surface area contributed by atoms with Gasteiger partial charge in [-0.3, -0.25) is 10.6 Å². The molecule has 0 radical (unpaired) electrons. The molecule has 0 spiro atoms. The van der Waals surface area contributed by atoms with Gasteiger partial charge in [0.05, 0.1) is 20.4 Å². The number of carbonyl (C=O) groups is 2. The molecule has 8 nitrogen and oxygen atoms in total. The lowest BCUT2D eigenvalue weighted by Gasteiger charge is -2.06. The van der Waals surface area contributed by atoms with Crippen molar-refractivity contribution in [3.63, 3.8) is 0 Å². The highest BCUT2D eigenvalue weighted by molar-refractivity contribution is 7.22. The number of para-hydroxylation sites is 2. The van der Waals surface area contributed by atoms with Crippen molar-refractivity contribution in [1.29, 1.82) is 0 Å². The Balaban J connectivity index is 1.04. The maximum Gasteiger partial charge on any atom is 0.321 e. The molecule has 2 aromatic carbocycles. The zero-order valence-electron chi connectivity index (χ0n) is 17.4. The van der Waals surface area contributed by atoms with E-state index >= 15 is 0 Å². The number of benzene rings is 2. The quantitative estimate of drug-likeness (QED) is 0.246. The van der Waals surface area contributed by atoms with Crippen LogP contribution in [0, 0.1) is 0 Å². The normalized spacial score (nSPS) is 10.9. The Morgan fingerprint density at radius 3 is 1.53 bits per heavy atom. The number of hydrogen-bond donors (Lipinski definition) is 4. The predicted molar refractivity (Wildman–Crippen MR) is 132 cm³/mol. The van der Waals surface area contributed by atoms with Crippen molar-refractivity contribution in [1.82, 2.24) is 20.6 Å². The average molecular weight is 469 g/mol. The molecular formula is C22H24N6O2S2. The highest BCUT2D eigenvalue weighted by Gasteiger charge is 2.08. The summed E-state index contributed by atoms with van der Waals surface area (Å²) in [6, 6.07) is 15.1. The van der Waals surface area contributed by atoms with Gasteiger partial charge in [0.15, 0.2) is 10.3 Å². The van der Waals surface area contributed by atoms with Gasteiger partial charge in [0.2, 0.25) is 0 Å². The van der Waals surface area contributed by atoms with Gasteiger partial charge in [-0.15, -0.1) is 0 Å². The van der Waals surface area contributed by atoms with Gasteiger partial charge in [-0.2, -0.15) is 0 Å². The van der Waals surface area contributed by atoms with Crippen LogP contribution in [-0.2, 0) is 0 Å². The van der Waals surface area contributed by atoms with E-state index in [0.717, 1.165) is 46.1 Å². The molecular weight excluding hydrogens is 444 g/mol. The molecule has 166 valence electrons. The number of nitrogens with one attached hydrogen (secondary N) is 4. The van der Waals surface area contributed by atoms with Crippen LogP contribution in [0.1, 0.15) is 25.7 Å². The van der Waals surface area contributed by atoms with E-state index in [9.17, 15) is 9.59 Å². The standard InChI is InChI=1S/C22H24N6O2S2/c29-19(27-21-25-15-9-3-5-11-17(15)31-21)23-13-7-1-2-8-14-24-20(30)28-22-26-16-10-4-6-12-18(16)32-22/h3-6,9-12H,1-2,7-8,13-14H2,(H2,23,25,27,29)(H2,24,26,28,30). The van der Waals surface area contributed by atoms with Gasteiger partial charge >= 0.3 is 12.1 Å². The van der Waals surface area contributed by atoms with Crippen LogP contribution in [0.2, 0.25) is 0 Å². The highest BCUT2D eigenvalue weighted by Crippen LogP contribution is 2.26. The van der Waals surface area contributed by atoms with Gasteiger partial charge in [-0.25, -0.2) is 19.6 Å². The van der Waals surface area contributed by atoms with Crippen molar-refractivity contribution in [3.8, 4) is 0 Å². The molecule has 32 heavy (non-hydrogen) atoms. The van der Waals surface area contributed by atoms with Crippen molar-refractivity contribution in [2.75, 3.05) is 23.7 Å². The first kappa shape index (κ1) is 22.0. The van der Waals surface area contributed by atoms with Crippen molar-refractivity contribution in [2.24, 2.45) is 0 Å². The third-order valence-electron chi connectivity index (χ3n) is 4.70. The molecule has 2 heterocycles. The van der Waals surface area contributed by atoms with Gasteiger partial charge < -0.3 is 10.6 Å². The Hall–Kier alpha value is -3.24. The number of carbonyl (C=O) groups excluding carboxylic acids is 2. The van der Waals surface area contributed by atoms with Crippen LogP contribution in [0.15, 0.2) is 48.5 Å². The summed E-state index contributed by atoms with van der Waals surface area (Å²) >= 11 is 2.91. The zero-order valence-corrected chi connectivity index (χ0v) is 19.0. The second kappa shape index (κ2) is 10.9. The van der Waals surface area contributed by atoms with E-state index in [1.165, 1.54) is 22.7 Å². The van der Waals surface area contributed by atoms with E-state index in [-0.39, 0.29) is 12.1 Å². The maximum absolute atomic E-state index is 12.0. The van der Waals surface area contributed by atoms with Crippen LogP contribution in [0.3, 0.4) is 0 Å². The average Bonchev–Trinajstić information content (AvgIpc) is 3.38. The van der Waals surface area contributed by atoms with Gasteiger partial charge in [-0.05, 0) is 37.1 Å². The van der Waals surface area contributed by atoms with Crippen molar-refractivity contribution < 1.29 is 9.59 Å². The number of fused-ring (bicyclic) bond motifs is 2. The van der Waals surface area contributed by atoms with Crippen molar-refractivity contribution in [2.45, 2.75) is 25.7 Å². The fourth-order valence-electron chi connectivity index (χ4n) is 3.14. The summed E-state index contributed by atoms with van der Waals surface area (Å²) in [5.74, 6) is 0. The molecule has 0 saturated carbocycles. The monoisotopic (exact) mass is 468 g/mol. The summed E-state index contributed by atoms with van der Waals surface area (Å²) in [4.78, 5) is 32.8. The third-order valence-corrected chi connectivity index (χ3v) is 6.61. The minimum absolute atomic E-state index is 0.239. The number of urea groups is 2. The first-order chi connectivity index (χ1) is 15.7. The molecule has 4 rings (SSSR count). The van der Waals surface area contributed by atoms with E-state index in [4.69, 9.17) is 0 Å². The van der Waals surface area contributed by atoms with E-state index < -0.39 is 0 Å². The summed E-state index contributed by atoms with van der Waals surface area (Å²) in [5.41, 5.74) is 1.77. The van der Waals surface area contributed by atoms with Gasteiger partial charge in [0.1, 0.15) is 0 Å². The molecule has 0 atom stereocenters. The molecule has 0 fully saturated rings. The summed E-state index contributed by atoms with van der Waals surface area (Å²) in [6.07, 6.45) is 3.71. The fourth-order valence-corrected chi connectivity index (χ4v) is 4.86. The molecule has 10 heteroatoms. The molecule has 0 unspecified atom stereocenters. The number of hydrogen-bond acceptors (Lipinski definition) is 6. The second-order valence-electron chi connectivity index (χ2n) is 7.15. The van der Waals surface area contributed by atoms with Gasteiger partial charge in [-0.1, -0.05) is 59.8 Å². The number of aromatic nitrogens is 2. The molecule has 0 aliphatic heterocycles. The Morgan fingerprint density at radius 1 is 0.656 bits per heavy atom. The molecule has 4 aromatic rings. The summed E-state index contributed by atoms with van der Waals surface area (Å²) < 4.78 is 2.09. The van der Waals surface area contributed by atoms with Crippen LogP contribution in [0.4, 0.5) is 19.9 Å². The number of thiazole rings is 2. The van der Waals surface area contributed by atoms with E-state index in [1.807, 2.05) is 48.5 Å². The number of nitrogens with zero attached hydrogens (tertiary/aromatic N) is 2. The van der Waals surface area contributed by atoms with E-state index in [0.29, 0.717) is 23.4 Å². The van der Waals surface area contributed by atoms with Crippen LogP contribution in [0.5, 0.6) is 0 Å². The first-order valence-corrected chi connectivity index (χ1v) is 12.1. The smallest absolute Gasteiger partial charge is 0.321 e. The van der Waals surface area contributed by atoms with Crippen LogP contribution in [0.25, 0.3) is 20.4 Å². The van der Waals surface area contributed by atoms with Gasteiger partial charge in [0, 0.05) is 13.1 Å². The van der Waals surface area contributed by atoms with Crippen LogP contribution >= 0.6 is 22.7 Å². The third kappa shape index (κ3) is 6.14. The van der Waals surface area contributed by atoms with Crippen LogP contribution < -0.4 is 21.3 Å². The zero-order chi connectivity index (χ0) is 22.2. The molecule has 4 amide bonds. The maximum atomic E-state index is 12.0. The number of anilines is 2. The van der Waals surface area contributed by atoms with E-state index in [2.05, 4.69) is 31.2 Å². The first-order valence-electron chi connectivity index (χ1n) is 10.5. The van der Waals surface area contributed by atoms with Gasteiger partial charge in [0.25, 0.3) is 0 Å². The lowest BCUT2D eigenvalue weighted by molar-refractivity contribution is 0.250. The molecule has 4 N–H and O–H groups in total. The molecule has 0 aliphatic carbocycles. The molecule has 2 aromatic heterocycles. The molecule has 0 bridgehead atoms. The number of unbranched alkanes of at least 4 members (excludes halogenated alkanes) is 3. The summed E-state index contributed by atoms with van der Waals surface area (Å²) in [5, 5.41) is 12.5. The highest BCUT2D eigenvalue weighted by atomic mass is 32.1. The Bertz CT molecular complexity index is 1050. The molecule has 0 aliphatic rings. The Morgan fingerprint density at radius 2 is 1.09 bits per heavy atom. The minimum Gasteiger partial charge on any atom is -0.338 e. The van der Waals surface area contributed by atoms with E-state index in [1.54, 1.807) is 0 Å². The minimum atomic E-state index is -0.239. The topological polar surface area (TPSA) is 108 Å². The Labute approximate surface area is 193 Å². The van der Waals surface area contributed by atoms with Crippen molar-refractivity contribution in [3.05, 3.63) is 48.5 Å². The number of rotatable bonds is 9.